The van der Waals surface area contributed by atoms with Crippen molar-refractivity contribution in [2.75, 3.05) is 37.7 Å². The van der Waals surface area contributed by atoms with Crippen LogP contribution in [-0.2, 0) is 11.3 Å². The zero-order valence-corrected chi connectivity index (χ0v) is 22.9. The smallest absolute Gasteiger partial charge is 0.342 e. The van der Waals surface area contributed by atoms with E-state index in [1.165, 1.54) is 11.1 Å². The maximum Gasteiger partial charge on any atom is 0.342 e. The third-order valence-electron chi connectivity index (χ3n) is 7.02. The molecule has 1 aromatic heterocycles. The summed E-state index contributed by atoms with van der Waals surface area (Å²) < 4.78 is 11.7. The summed E-state index contributed by atoms with van der Waals surface area (Å²) in [6.45, 7) is 8.52. The van der Waals surface area contributed by atoms with Gasteiger partial charge in [-0.1, -0.05) is 60.7 Å². The Morgan fingerprint density at radius 2 is 1.79 bits per heavy atom. The van der Waals surface area contributed by atoms with Gasteiger partial charge in [-0.05, 0) is 61.6 Å². The van der Waals surface area contributed by atoms with E-state index in [1.807, 2.05) is 56.3 Å². The summed E-state index contributed by atoms with van der Waals surface area (Å²) in [5.74, 6) is 1.27. The SMILES string of the molecule is CC(C)OC(=O)c1c(-c2ccccc2)ccnc1N1CCN(Cc2cccc(OCC3=CCCC=C3)c2)CC1. The lowest BCUT2D eigenvalue weighted by Crippen LogP contribution is -2.46. The number of anilines is 1. The second-order valence-corrected chi connectivity index (χ2v) is 10.3. The van der Waals surface area contributed by atoms with Crippen LogP contribution >= 0.6 is 0 Å². The number of ether oxygens (including phenoxy) is 2. The molecule has 2 aromatic carbocycles. The molecule has 0 N–H and O–H groups in total. The Morgan fingerprint density at radius 1 is 0.974 bits per heavy atom. The molecule has 0 amide bonds. The van der Waals surface area contributed by atoms with Crippen LogP contribution in [-0.4, -0.2) is 54.7 Å². The minimum Gasteiger partial charge on any atom is -0.489 e. The number of hydrogen-bond donors (Lipinski definition) is 0. The van der Waals surface area contributed by atoms with Crippen LogP contribution in [0, 0.1) is 0 Å². The number of hydrogen-bond acceptors (Lipinski definition) is 6. The molecular weight excluding hydrogens is 486 g/mol. The van der Waals surface area contributed by atoms with Crippen molar-refractivity contribution in [2.24, 2.45) is 0 Å². The number of pyridine rings is 1. The first-order valence-electron chi connectivity index (χ1n) is 13.9. The molecule has 1 aliphatic heterocycles. The number of aromatic nitrogens is 1. The molecule has 6 heteroatoms. The normalized spacial score (nSPS) is 15.8. The average Bonchev–Trinajstić information content (AvgIpc) is 2.97. The molecule has 6 nitrogen and oxygen atoms in total. The molecule has 1 aliphatic carbocycles. The van der Waals surface area contributed by atoms with Crippen molar-refractivity contribution in [1.82, 2.24) is 9.88 Å². The summed E-state index contributed by atoms with van der Waals surface area (Å²) in [6, 6.07) is 20.3. The summed E-state index contributed by atoms with van der Waals surface area (Å²) in [6.07, 6.45) is 10.4. The van der Waals surface area contributed by atoms with Crippen molar-refractivity contribution in [2.45, 2.75) is 39.3 Å². The highest BCUT2D eigenvalue weighted by Gasteiger charge is 2.27. The molecule has 0 spiro atoms. The van der Waals surface area contributed by atoms with Crippen LogP contribution < -0.4 is 9.64 Å². The van der Waals surface area contributed by atoms with E-state index in [4.69, 9.17) is 9.47 Å². The molecule has 0 atom stereocenters. The lowest BCUT2D eigenvalue weighted by Gasteiger charge is -2.36. The van der Waals surface area contributed by atoms with E-state index in [9.17, 15) is 4.79 Å². The molecule has 1 fully saturated rings. The van der Waals surface area contributed by atoms with E-state index >= 15 is 0 Å². The predicted octanol–water partition coefficient (Wildman–Crippen LogP) is 6.29. The van der Waals surface area contributed by atoms with Crippen LogP contribution in [0.2, 0.25) is 0 Å². The number of benzene rings is 2. The Labute approximate surface area is 231 Å². The van der Waals surface area contributed by atoms with Crippen LogP contribution in [0.3, 0.4) is 0 Å². The largest absolute Gasteiger partial charge is 0.489 e. The number of esters is 1. The van der Waals surface area contributed by atoms with Gasteiger partial charge in [0.15, 0.2) is 0 Å². The average molecular weight is 524 g/mol. The first-order valence-corrected chi connectivity index (χ1v) is 13.9. The minimum absolute atomic E-state index is 0.207. The highest BCUT2D eigenvalue weighted by Crippen LogP contribution is 2.31. The molecule has 0 saturated carbocycles. The number of rotatable bonds is 9. The monoisotopic (exact) mass is 523 g/mol. The summed E-state index contributed by atoms with van der Waals surface area (Å²) in [5.41, 5.74) is 4.85. The Morgan fingerprint density at radius 3 is 2.54 bits per heavy atom. The van der Waals surface area contributed by atoms with Gasteiger partial charge in [0.2, 0.25) is 0 Å². The Kier molecular flexibility index (Phi) is 8.74. The Balaban J connectivity index is 1.26. The first kappa shape index (κ1) is 26.7. The molecule has 39 heavy (non-hydrogen) atoms. The van der Waals surface area contributed by atoms with E-state index in [0.717, 1.165) is 62.4 Å². The van der Waals surface area contributed by atoms with Crippen molar-refractivity contribution in [3.05, 3.63) is 102 Å². The molecule has 2 aliphatic rings. The second kappa shape index (κ2) is 12.8. The standard InChI is InChI=1S/C33H37N3O3/c1-25(2)39-33(37)31-30(28-13-7-4-8-14-28)16-17-34-32(31)36-20-18-35(19-21-36)23-27-12-9-15-29(22-27)38-24-26-10-5-3-6-11-26/h4-5,7-17,22,25H,3,6,18-21,23-24H2,1-2H3. The van der Waals surface area contributed by atoms with Crippen LogP contribution in [0.4, 0.5) is 5.82 Å². The van der Waals surface area contributed by atoms with Crippen LogP contribution in [0.15, 0.2) is 90.7 Å². The quantitative estimate of drug-likeness (QED) is 0.307. The van der Waals surface area contributed by atoms with Crippen molar-refractivity contribution in [3.8, 4) is 16.9 Å². The van der Waals surface area contributed by atoms with E-state index in [2.05, 4.69) is 51.2 Å². The van der Waals surface area contributed by atoms with Crippen molar-refractivity contribution < 1.29 is 14.3 Å². The fourth-order valence-corrected chi connectivity index (χ4v) is 5.07. The van der Waals surface area contributed by atoms with Gasteiger partial charge in [0.05, 0.1) is 6.10 Å². The number of carbonyl (C=O) groups is 1. The van der Waals surface area contributed by atoms with Gasteiger partial charge in [-0.15, -0.1) is 0 Å². The highest BCUT2D eigenvalue weighted by atomic mass is 16.5. The second-order valence-electron chi connectivity index (χ2n) is 10.3. The predicted molar refractivity (Wildman–Crippen MR) is 156 cm³/mol. The highest BCUT2D eigenvalue weighted by molar-refractivity contribution is 6.02. The van der Waals surface area contributed by atoms with E-state index < -0.39 is 0 Å². The summed E-state index contributed by atoms with van der Waals surface area (Å²) in [7, 11) is 0. The third-order valence-corrected chi connectivity index (χ3v) is 7.02. The zero-order valence-electron chi connectivity index (χ0n) is 22.9. The number of allylic oxidation sites excluding steroid dienone is 2. The number of carbonyl (C=O) groups excluding carboxylic acids is 1. The lowest BCUT2D eigenvalue weighted by molar-refractivity contribution is 0.0379. The molecule has 0 bridgehead atoms. The van der Waals surface area contributed by atoms with Crippen molar-refractivity contribution in [1.29, 1.82) is 0 Å². The van der Waals surface area contributed by atoms with E-state index in [1.54, 1.807) is 6.20 Å². The van der Waals surface area contributed by atoms with E-state index in [0.29, 0.717) is 18.0 Å². The number of piperazine rings is 1. The summed E-state index contributed by atoms with van der Waals surface area (Å²) >= 11 is 0. The molecular formula is C33H37N3O3. The fraction of sp³-hybridized carbons (Fsp3) is 0.333. The first-order chi connectivity index (χ1) is 19.1. The molecule has 2 heterocycles. The van der Waals surface area contributed by atoms with Gasteiger partial charge in [0, 0.05) is 44.5 Å². The lowest BCUT2D eigenvalue weighted by atomic mass is 10.00. The minimum atomic E-state index is -0.328. The van der Waals surface area contributed by atoms with E-state index in [-0.39, 0.29) is 12.1 Å². The van der Waals surface area contributed by atoms with Gasteiger partial charge in [-0.2, -0.15) is 0 Å². The molecule has 0 radical (unpaired) electrons. The fourth-order valence-electron chi connectivity index (χ4n) is 5.07. The maximum absolute atomic E-state index is 13.3. The van der Waals surface area contributed by atoms with Gasteiger partial charge >= 0.3 is 5.97 Å². The molecule has 5 rings (SSSR count). The van der Waals surface area contributed by atoms with Gasteiger partial charge in [-0.3, -0.25) is 4.90 Å². The molecule has 202 valence electrons. The van der Waals surface area contributed by atoms with Gasteiger partial charge in [0.25, 0.3) is 0 Å². The summed E-state index contributed by atoms with van der Waals surface area (Å²) in [4.78, 5) is 22.6. The van der Waals surface area contributed by atoms with Crippen LogP contribution in [0.1, 0.15) is 42.6 Å². The zero-order chi connectivity index (χ0) is 27.0. The van der Waals surface area contributed by atoms with Crippen LogP contribution in [0.5, 0.6) is 5.75 Å². The molecule has 1 saturated heterocycles. The maximum atomic E-state index is 13.3. The van der Waals surface area contributed by atoms with Gasteiger partial charge in [-0.25, -0.2) is 9.78 Å². The van der Waals surface area contributed by atoms with Crippen molar-refractivity contribution in [3.63, 3.8) is 0 Å². The molecule has 3 aromatic rings. The van der Waals surface area contributed by atoms with Gasteiger partial charge < -0.3 is 14.4 Å². The van der Waals surface area contributed by atoms with Crippen LogP contribution in [0.25, 0.3) is 11.1 Å². The Hall–Kier alpha value is -3.90. The Bertz CT molecular complexity index is 1330. The van der Waals surface area contributed by atoms with Gasteiger partial charge in [0.1, 0.15) is 23.7 Å². The number of nitrogens with zero attached hydrogens (tertiary/aromatic N) is 3. The topological polar surface area (TPSA) is 54.9 Å². The molecule has 0 unspecified atom stereocenters. The third kappa shape index (κ3) is 6.95. The van der Waals surface area contributed by atoms with Crippen molar-refractivity contribution >= 4 is 11.8 Å². The summed E-state index contributed by atoms with van der Waals surface area (Å²) in [5, 5.41) is 0.